The van der Waals surface area contributed by atoms with Crippen LogP contribution in [0.2, 0.25) is 5.02 Å². The first-order chi connectivity index (χ1) is 14.5. The van der Waals surface area contributed by atoms with Crippen LogP contribution in [0, 0.1) is 0 Å². The van der Waals surface area contributed by atoms with Crippen molar-refractivity contribution in [2.45, 2.75) is 23.9 Å². The van der Waals surface area contributed by atoms with Crippen LogP contribution in [0.3, 0.4) is 0 Å². The van der Waals surface area contributed by atoms with Crippen molar-refractivity contribution in [2.24, 2.45) is 0 Å². The second kappa shape index (κ2) is 8.85. The van der Waals surface area contributed by atoms with Crippen molar-refractivity contribution in [1.82, 2.24) is 4.98 Å². The highest BCUT2D eigenvalue weighted by atomic mass is 35.5. The van der Waals surface area contributed by atoms with E-state index in [1.165, 1.54) is 36.4 Å². The summed E-state index contributed by atoms with van der Waals surface area (Å²) in [6.07, 6.45) is -4.59. The van der Waals surface area contributed by atoms with Gasteiger partial charge in [-0.2, -0.15) is 13.2 Å². The topological polar surface area (TPSA) is 88.2 Å². The number of nitrogens with zero attached hydrogens (tertiary/aromatic N) is 1. The fourth-order valence-corrected chi connectivity index (χ4v) is 4.84. The van der Waals surface area contributed by atoms with Gasteiger partial charge in [-0.1, -0.05) is 35.9 Å². The molecule has 1 heterocycles. The molecule has 0 saturated heterocycles. The zero-order chi connectivity index (χ0) is 22.8. The Morgan fingerprint density at radius 2 is 1.77 bits per heavy atom. The zero-order valence-electron chi connectivity index (χ0n) is 15.8. The van der Waals surface area contributed by atoms with Crippen molar-refractivity contribution < 1.29 is 26.4 Å². The molecule has 0 fully saturated rings. The lowest BCUT2D eigenvalue weighted by molar-refractivity contribution is -0.140. The minimum atomic E-state index is -4.59. The van der Waals surface area contributed by atoms with Crippen LogP contribution in [0.5, 0.6) is 0 Å². The number of rotatable bonds is 6. The van der Waals surface area contributed by atoms with Gasteiger partial charge < -0.3 is 5.32 Å². The van der Waals surface area contributed by atoms with E-state index in [0.29, 0.717) is 16.9 Å². The van der Waals surface area contributed by atoms with E-state index in [4.69, 9.17) is 11.6 Å². The number of nitrogens with one attached hydrogen (secondary N) is 2. The fourth-order valence-electron chi connectivity index (χ4n) is 2.54. The van der Waals surface area contributed by atoms with Gasteiger partial charge in [-0.25, -0.2) is 13.4 Å². The van der Waals surface area contributed by atoms with Crippen molar-refractivity contribution >= 4 is 49.7 Å². The number of carbonyl (C=O) groups excluding carboxylic acids is 1. The number of halogens is 4. The highest BCUT2D eigenvalue weighted by Gasteiger charge is 2.34. The molecule has 0 aliphatic rings. The molecule has 0 saturated carbocycles. The standard InChI is InChI=1S/C19H15ClF3N3O3S2/c1-11(17(27)25-18-24-16(10-30-18)19(21,22)23)12-6-8-13(9-7-12)26-31(28,29)15-5-3-2-4-14(15)20/h2-11,26H,1H3,(H,24,25,27). The van der Waals surface area contributed by atoms with E-state index in [9.17, 15) is 26.4 Å². The number of carbonyl (C=O) groups is 1. The van der Waals surface area contributed by atoms with Crippen molar-refractivity contribution in [3.8, 4) is 0 Å². The van der Waals surface area contributed by atoms with Crippen LogP contribution in [-0.4, -0.2) is 19.3 Å². The maximum atomic E-state index is 12.6. The molecule has 164 valence electrons. The average molecular weight is 490 g/mol. The Morgan fingerprint density at radius 1 is 1.13 bits per heavy atom. The molecule has 0 aliphatic carbocycles. The van der Waals surface area contributed by atoms with Crippen molar-refractivity contribution in [1.29, 1.82) is 0 Å². The minimum absolute atomic E-state index is 0.0739. The van der Waals surface area contributed by atoms with Gasteiger partial charge in [0.2, 0.25) is 5.91 Å². The third-order valence-corrected chi connectivity index (χ3v) is 6.85. The van der Waals surface area contributed by atoms with Gasteiger partial charge in [-0.3, -0.25) is 9.52 Å². The minimum Gasteiger partial charge on any atom is -0.301 e. The zero-order valence-corrected chi connectivity index (χ0v) is 18.2. The number of hydrogen-bond donors (Lipinski definition) is 2. The van der Waals surface area contributed by atoms with E-state index < -0.39 is 33.7 Å². The molecule has 6 nitrogen and oxygen atoms in total. The molecular weight excluding hydrogens is 475 g/mol. The molecule has 12 heteroatoms. The van der Waals surface area contributed by atoms with Gasteiger partial charge in [0.25, 0.3) is 10.0 Å². The van der Waals surface area contributed by atoms with Gasteiger partial charge in [0.1, 0.15) is 4.90 Å². The lowest BCUT2D eigenvalue weighted by Gasteiger charge is -2.13. The third-order valence-electron chi connectivity index (χ3n) is 4.21. The Morgan fingerprint density at radius 3 is 2.35 bits per heavy atom. The Kier molecular flexibility index (Phi) is 6.58. The van der Waals surface area contributed by atoms with Crippen LogP contribution < -0.4 is 10.0 Å². The van der Waals surface area contributed by atoms with Crippen LogP contribution in [0.25, 0.3) is 0 Å². The molecule has 3 rings (SSSR count). The van der Waals surface area contributed by atoms with E-state index >= 15 is 0 Å². The molecule has 1 unspecified atom stereocenters. The van der Waals surface area contributed by atoms with Gasteiger partial charge in [-0.05, 0) is 36.8 Å². The Hall–Kier alpha value is -2.63. The summed E-state index contributed by atoms with van der Waals surface area (Å²) in [5.41, 5.74) is -0.285. The van der Waals surface area contributed by atoms with Gasteiger partial charge in [0, 0.05) is 11.1 Å². The predicted molar refractivity (Wildman–Crippen MR) is 113 cm³/mol. The van der Waals surface area contributed by atoms with Crippen LogP contribution in [0.1, 0.15) is 24.1 Å². The van der Waals surface area contributed by atoms with E-state index in [0.717, 1.165) is 5.38 Å². The number of thiazole rings is 1. The highest BCUT2D eigenvalue weighted by molar-refractivity contribution is 7.92. The molecule has 0 radical (unpaired) electrons. The number of sulfonamides is 1. The van der Waals surface area contributed by atoms with E-state index in [1.807, 2.05) is 0 Å². The summed E-state index contributed by atoms with van der Waals surface area (Å²) >= 11 is 6.61. The Balaban J connectivity index is 1.68. The first-order valence-electron chi connectivity index (χ1n) is 8.68. The predicted octanol–water partition coefficient (Wildman–Crippen LogP) is 5.36. The molecule has 0 spiro atoms. The lowest BCUT2D eigenvalue weighted by atomic mass is 10.0. The fraction of sp³-hybridized carbons (Fsp3) is 0.158. The maximum Gasteiger partial charge on any atom is 0.434 e. The summed E-state index contributed by atoms with van der Waals surface area (Å²) in [4.78, 5) is 15.6. The first kappa shape index (κ1) is 23.0. The van der Waals surface area contributed by atoms with Gasteiger partial charge in [-0.15, -0.1) is 11.3 Å². The molecular formula is C19H15ClF3N3O3S2. The summed E-state index contributed by atoms with van der Waals surface area (Å²) in [7, 11) is -3.90. The quantitative estimate of drug-likeness (QED) is 0.488. The number of hydrogen-bond acceptors (Lipinski definition) is 5. The molecule has 3 aromatic rings. The van der Waals surface area contributed by atoms with Crippen molar-refractivity contribution in [3.05, 3.63) is 70.2 Å². The second-order valence-electron chi connectivity index (χ2n) is 6.40. The summed E-state index contributed by atoms with van der Waals surface area (Å²) < 4.78 is 65.2. The molecule has 2 aromatic carbocycles. The number of benzene rings is 2. The third kappa shape index (κ3) is 5.54. The monoisotopic (exact) mass is 489 g/mol. The molecule has 1 amide bonds. The van der Waals surface area contributed by atoms with Crippen LogP contribution in [-0.2, 0) is 21.0 Å². The Bertz CT molecular complexity index is 1200. The summed E-state index contributed by atoms with van der Waals surface area (Å²) in [6, 6.07) is 12.0. The van der Waals surface area contributed by atoms with Gasteiger partial charge in [0.05, 0.1) is 10.9 Å². The second-order valence-corrected chi connectivity index (χ2v) is 9.32. The summed E-state index contributed by atoms with van der Waals surface area (Å²) in [5.74, 6) is -1.26. The highest BCUT2D eigenvalue weighted by Crippen LogP contribution is 2.32. The number of aromatic nitrogens is 1. The van der Waals surface area contributed by atoms with E-state index in [2.05, 4.69) is 15.0 Å². The number of amides is 1. The van der Waals surface area contributed by atoms with E-state index in [1.54, 1.807) is 19.1 Å². The summed E-state index contributed by atoms with van der Waals surface area (Å²) in [5, 5.41) is 3.09. The maximum absolute atomic E-state index is 12.6. The number of alkyl halides is 3. The molecule has 2 N–H and O–H groups in total. The first-order valence-corrected chi connectivity index (χ1v) is 11.4. The van der Waals surface area contributed by atoms with Crippen LogP contribution >= 0.6 is 22.9 Å². The lowest BCUT2D eigenvalue weighted by Crippen LogP contribution is -2.19. The number of anilines is 2. The van der Waals surface area contributed by atoms with Gasteiger partial charge >= 0.3 is 6.18 Å². The van der Waals surface area contributed by atoms with Crippen LogP contribution in [0.15, 0.2) is 58.8 Å². The van der Waals surface area contributed by atoms with Crippen molar-refractivity contribution in [2.75, 3.05) is 10.0 Å². The average Bonchev–Trinajstić information content (AvgIpc) is 3.17. The van der Waals surface area contributed by atoms with Crippen LogP contribution in [0.4, 0.5) is 24.0 Å². The van der Waals surface area contributed by atoms with Crippen molar-refractivity contribution in [3.63, 3.8) is 0 Å². The molecule has 1 aromatic heterocycles. The molecule has 31 heavy (non-hydrogen) atoms. The molecule has 0 bridgehead atoms. The van der Waals surface area contributed by atoms with E-state index in [-0.39, 0.29) is 20.7 Å². The normalized spacial score (nSPS) is 12.9. The Labute approximate surface area is 185 Å². The smallest absolute Gasteiger partial charge is 0.301 e. The SMILES string of the molecule is CC(C(=O)Nc1nc(C(F)(F)F)cs1)c1ccc(NS(=O)(=O)c2ccccc2Cl)cc1. The molecule has 1 atom stereocenters. The largest absolute Gasteiger partial charge is 0.434 e. The molecule has 0 aliphatic heterocycles. The summed E-state index contributed by atoms with van der Waals surface area (Å²) in [6.45, 7) is 1.57. The van der Waals surface area contributed by atoms with Gasteiger partial charge in [0.15, 0.2) is 10.8 Å².